The van der Waals surface area contributed by atoms with Crippen molar-refractivity contribution >= 4 is 18.4 Å². The molecule has 3 aromatic rings. The van der Waals surface area contributed by atoms with E-state index in [-0.39, 0.29) is 11.5 Å². The molecule has 0 saturated carbocycles. The van der Waals surface area contributed by atoms with E-state index in [4.69, 9.17) is 12.2 Å². The average molecular weight is 326 g/mol. The van der Waals surface area contributed by atoms with E-state index < -0.39 is 0 Å². The lowest BCUT2D eigenvalue weighted by Gasteiger charge is -2.05. The standard InChI is InChI=1S/C16H14N4O2S/c1-10-7-12(21)8-14(22)13(10)9-17-20-15(18-19-16(20)23)11-5-3-2-4-6-11/h2-9,21-22H,1H3,(H,19,23)/b17-9+. The van der Waals surface area contributed by atoms with E-state index >= 15 is 0 Å². The fourth-order valence-electron chi connectivity index (χ4n) is 2.22. The Morgan fingerprint density at radius 2 is 1.96 bits per heavy atom. The molecule has 0 aliphatic carbocycles. The van der Waals surface area contributed by atoms with Gasteiger partial charge in [-0.15, -0.1) is 0 Å². The Bertz CT molecular complexity index is 906. The number of benzene rings is 2. The van der Waals surface area contributed by atoms with Crippen molar-refractivity contribution in [1.29, 1.82) is 0 Å². The minimum Gasteiger partial charge on any atom is -0.508 e. The zero-order valence-corrected chi connectivity index (χ0v) is 13.1. The minimum absolute atomic E-state index is 0.00190. The Morgan fingerprint density at radius 1 is 1.22 bits per heavy atom. The van der Waals surface area contributed by atoms with Crippen molar-refractivity contribution < 1.29 is 10.2 Å². The van der Waals surface area contributed by atoms with Crippen LogP contribution in [0.1, 0.15) is 11.1 Å². The number of nitrogens with one attached hydrogen (secondary N) is 1. The van der Waals surface area contributed by atoms with Gasteiger partial charge in [-0.3, -0.25) is 0 Å². The van der Waals surface area contributed by atoms with Gasteiger partial charge >= 0.3 is 0 Å². The predicted molar refractivity (Wildman–Crippen MR) is 90.3 cm³/mol. The number of rotatable bonds is 3. The van der Waals surface area contributed by atoms with E-state index in [1.165, 1.54) is 17.0 Å². The molecule has 0 bridgehead atoms. The normalized spacial score (nSPS) is 11.2. The third kappa shape index (κ3) is 3.00. The van der Waals surface area contributed by atoms with Crippen molar-refractivity contribution in [1.82, 2.24) is 14.9 Å². The van der Waals surface area contributed by atoms with Crippen LogP contribution in [0.5, 0.6) is 11.5 Å². The topological polar surface area (TPSA) is 86.4 Å². The first kappa shape index (κ1) is 15.0. The van der Waals surface area contributed by atoms with Gasteiger partial charge in [-0.05, 0) is 30.8 Å². The van der Waals surface area contributed by atoms with Gasteiger partial charge in [0.05, 0.1) is 6.21 Å². The molecule has 3 rings (SSSR count). The molecule has 6 nitrogen and oxygen atoms in total. The second-order valence-corrected chi connectivity index (χ2v) is 5.36. The summed E-state index contributed by atoms with van der Waals surface area (Å²) in [4.78, 5) is 0. The molecule has 7 heteroatoms. The molecule has 0 aliphatic rings. The van der Waals surface area contributed by atoms with Gasteiger partial charge in [-0.25, -0.2) is 5.10 Å². The van der Waals surface area contributed by atoms with Gasteiger partial charge in [0, 0.05) is 17.2 Å². The molecule has 0 aliphatic heterocycles. The fourth-order valence-corrected chi connectivity index (χ4v) is 2.40. The van der Waals surface area contributed by atoms with Crippen LogP contribution in [0.2, 0.25) is 0 Å². The van der Waals surface area contributed by atoms with Crippen LogP contribution in [-0.4, -0.2) is 31.3 Å². The molecular weight excluding hydrogens is 312 g/mol. The van der Waals surface area contributed by atoms with Crippen LogP contribution in [0, 0.1) is 11.7 Å². The van der Waals surface area contributed by atoms with Crippen LogP contribution in [0.4, 0.5) is 0 Å². The molecule has 0 fully saturated rings. The molecule has 2 aromatic carbocycles. The number of phenolic OH excluding ortho intramolecular Hbond substituents is 2. The highest BCUT2D eigenvalue weighted by Gasteiger charge is 2.09. The number of aromatic amines is 1. The molecule has 3 N–H and O–H groups in total. The Labute approximate surface area is 137 Å². The van der Waals surface area contributed by atoms with E-state index in [1.807, 2.05) is 30.3 Å². The predicted octanol–water partition coefficient (Wildman–Crippen LogP) is 3.21. The van der Waals surface area contributed by atoms with Crippen molar-refractivity contribution in [2.75, 3.05) is 0 Å². The first-order valence-electron chi connectivity index (χ1n) is 6.86. The second-order valence-electron chi connectivity index (χ2n) is 4.97. The van der Waals surface area contributed by atoms with Crippen LogP contribution in [0.3, 0.4) is 0 Å². The quantitative estimate of drug-likeness (QED) is 0.509. The van der Waals surface area contributed by atoms with Gasteiger partial charge in [0.25, 0.3) is 0 Å². The van der Waals surface area contributed by atoms with Crippen molar-refractivity contribution in [3.63, 3.8) is 0 Å². The highest BCUT2D eigenvalue weighted by molar-refractivity contribution is 7.71. The van der Waals surface area contributed by atoms with Gasteiger partial charge in [0.15, 0.2) is 5.82 Å². The van der Waals surface area contributed by atoms with Crippen LogP contribution < -0.4 is 0 Å². The second kappa shape index (κ2) is 6.05. The number of hydrogen-bond donors (Lipinski definition) is 3. The first-order chi connectivity index (χ1) is 11.1. The number of hydrogen-bond acceptors (Lipinski definition) is 5. The molecule has 0 saturated heterocycles. The molecule has 1 aromatic heterocycles. The van der Waals surface area contributed by atoms with Gasteiger partial charge in [-0.2, -0.15) is 14.9 Å². The highest BCUT2D eigenvalue weighted by Crippen LogP contribution is 2.25. The summed E-state index contributed by atoms with van der Waals surface area (Å²) in [7, 11) is 0. The zero-order valence-electron chi connectivity index (χ0n) is 12.3. The number of aryl methyl sites for hydroxylation is 1. The van der Waals surface area contributed by atoms with Crippen molar-refractivity contribution in [2.24, 2.45) is 5.10 Å². The summed E-state index contributed by atoms with van der Waals surface area (Å²) in [6.07, 6.45) is 1.49. The lowest BCUT2D eigenvalue weighted by atomic mass is 10.1. The van der Waals surface area contributed by atoms with Crippen molar-refractivity contribution in [2.45, 2.75) is 6.92 Å². The van der Waals surface area contributed by atoms with Crippen molar-refractivity contribution in [3.8, 4) is 22.9 Å². The maximum atomic E-state index is 9.95. The largest absolute Gasteiger partial charge is 0.508 e. The van der Waals surface area contributed by atoms with Crippen LogP contribution >= 0.6 is 12.2 Å². The fraction of sp³-hybridized carbons (Fsp3) is 0.0625. The first-order valence-corrected chi connectivity index (χ1v) is 7.27. The number of H-pyrrole nitrogens is 1. The Kier molecular flexibility index (Phi) is 3.94. The summed E-state index contributed by atoms with van der Waals surface area (Å²) in [5, 5.41) is 30.6. The average Bonchev–Trinajstić information content (AvgIpc) is 2.88. The SMILES string of the molecule is Cc1cc(O)cc(O)c1/C=N/n1c(-c2ccccc2)n[nH]c1=S. The van der Waals surface area contributed by atoms with Gasteiger partial charge in [0.1, 0.15) is 11.5 Å². The molecule has 0 amide bonds. The van der Waals surface area contributed by atoms with Gasteiger partial charge in [-0.1, -0.05) is 30.3 Å². The summed E-state index contributed by atoms with van der Waals surface area (Å²) in [5.74, 6) is 0.521. The number of phenols is 2. The van der Waals surface area contributed by atoms with E-state index in [9.17, 15) is 10.2 Å². The van der Waals surface area contributed by atoms with Crippen molar-refractivity contribution in [3.05, 3.63) is 58.4 Å². The van der Waals surface area contributed by atoms with E-state index in [0.29, 0.717) is 21.7 Å². The molecule has 0 spiro atoms. The molecular formula is C16H14N4O2S. The Hall–Kier alpha value is -2.93. The zero-order chi connectivity index (χ0) is 16.4. The van der Waals surface area contributed by atoms with E-state index in [0.717, 1.165) is 5.56 Å². The summed E-state index contributed by atoms with van der Waals surface area (Å²) < 4.78 is 1.83. The van der Waals surface area contributed by atoms with Gasteiger partial charge < -0.3 is 10.2 Å². The van der Waals surface area contributed by atoms with Gasteiger partial charge in [0.2, 0.25) is 4.77 Å². The lowest BCUT2D eigenvalue weighted by molar-refractivity contribution is 0.449. The maximum absolute atomic E-state index is 9.95. The summed E-state index contributed by atoms with van der Waals surface area (Å²) in [6, 6.07) is 12.3. The summed E-state index contributed by atoms with van der Waals surface area (Å²) in [5.41, 5.74) is 2.07. The van der Waals surface area contributed by atoms with Crippen LogP contribution in [0.25, 0.3) is 11.4 Å². The molecule has 1 heterocycles. The number of nitrogens with zero attached hydrogens (tertiary/aromatic N) is 3. The Balaban J connectivity index is 2.05. The molecule has 23 heavy (non-hydrogen) atoms. The third-order valence-corrected chi connectivity index (χ3v) is 3.60. The molecule has 116 valence electrons. The smallest absolute Gasteiger partial charge is 0.216 e. The van der Waals surface area contributed by atoms with E-state index in [2.05, 4.69) is 15.3 Å². The highest BCUT2D eigenvalue weighted by atomic mass is 32.1. The monoisotopic (exact) mass is 326 g/mol. The summed E-state index contributed by atoms with van der Waals surface area (Å²) in [6.45, 7) is 1.77. The minimum atomic E-state index is -0.0532. The molecule has 0 radical (unpaired) electrons. The lowest BCUT2D eigenvalue weighted by Crippen LogP contribution is -1.96. The van der Waals surface area contributed by atoms with Crippen LogP contribution in [0.15, 0.2) is 47.6 Å². The maximum Gasteiger partial charge on any atom is 0.216 e. The Morgan fingerprint density at radius 3 is 2.65 bits per heavy atom. The van der Waals surface area contributed by atoms with Crippen LogP contribution in [-0.2, 0) is 0 Å². The number of aromatic hydroxyl groups is 2. The third-order valence-electron chi connectivity index (χ3n) is 3.33. The molecule has 0 atom stereocenters. The molecule has 0 unspecified atom stereocenters. The van der Waals surface area contributed by atoms with E-state index in [1.54, 1.807) is 13.0 Å². The summed E-state index contributed by atoms with van der Waals surface area (Å²) >= 11 is 5.20. The number of aromatic nitrogens is 3.